The molecule has 2 aromatic rings. The summed E-state index contributed by atoms with van der Waals surface area (Å²) in [6, 6.07) is 3.80. The van der Waals surface area contributed by atoms with E-state index in [-0.39, 0.29) is 0 Å². The molecule has 0 aromatic carbocycles. The molecule has 0 bridgehead atoms. The zero-order valence-electron chi connectivity index (χ0n) is 9.57. The van der Waals surface area contributed by atoms with Crippen molar-refractivity contribution in [2.24, 2.45) is 0 Å². The number of aromatic amines is 1. The second-order valence-electron chi connectivity index (χ2n) is 4.07. The average molecular weight is 234 g/mol. The van der Waals surface area contributed by atoms with Crippen molar-refractivity contribution in [3.05, 3.63) is 34.5 Å². The van der Waals surface area contributed by atoms with Crippen molar-refractivity contribution in [3.8, 4) is 11.4 Å². The van der Waals surface area contributed by atoms with E-state index in [0.29, 0.717) is 10.6 Å². The molecule has 0 amide bonds. The maximum atomic E-state index is 5.27. The van der Waals surface area contributed by atoms with E-state index in [2.05, 4.69) is 23.8 Å². The Morgan fingerprint density at radius 1 is 1.44 bits per heavy atom. The fourth-order valence-electron chi connectivity index (χ4n) is 1.55. The molecule has 0 aliphatic heterocycles. The Morgan fingerprint density at radius 3 is 2.75 bits per heavy atom. The molecule has 4 heteroatoms. The Hall–Kier alpha value is -1.42. The smallest absolute Gasteiger partial charge is 0.142 e. The Balaban J connectivity index is 2.58. The average Bonchev–Trinajstić information content (AvgIpc) is 2.63. The molecule has 0 saturated heterocycles. The van der Waals surface area contributed by atoms with Crippen molar-refractivity contribution in [1.29, 1.82) is 0 Å². The lowest BCUT2D eigenvalue weighted by molar-refractivity contribution is 0.535. The number of rotatable bonds is 2. The number of H-pyrrole nitrogens is 1. The fraction of sp³-hybridized carbons (Fsp3) is 0.333. The standard InChI is InChI=1S/C12H14N2OS/c1-7(2)10-6-11(16)14-12(13-10)9-4-5-15-8(9)3/h4-7H,1-3H3,(H,13,14,16). The highest BCUT2D eigenvalue weighted by Crippen LogP contribution is 2.22. The van der Waals surface area contributed by atoms with Gasteiger partial charge in [-0.15, -0.1) is 0 Å². The number of aryl methyl sites for hydroxylation is 1. The monoisotopic (exact) mass is 234 g/mol. The second-order valence-corrected chi connectivity index (χ2v) is 4.49. The third kappa shape index (κ3) is 2.07. The highest BCUT2D eigenvalue weighted by atomic mass is 32.1. The van der Waals surface area contributed by atoms with E-state index in [1.165, 1.54) is 0 Å². The van der Waals surface area contributed by atoms with Crippen LogP contribution in [0.5, 0.6) is 0 Å². The summed E-state index contributed by atoms with van der Waals surface area (Å²) in [5, 5.41) is 0. The summed E-state index contributed by atoms with van der Waals surface area (Å²) in [5.74, 6) is 2.03. The predicted octanol–water partition coefficient (Wildman–Crippen LogP) is 3.83. The van der Waals surface area contributed by atoms with Crippen LogP contribution in [0.2, 0.25) is 0 Å². The lowest BCUT2D eigenvalue weighted by atomic mass is 10.1. The highest BCUT2D eigenvalue weighted by molar-refractivity contribution is 7.71. The number of furan rings is 1. The van der Waals surface area contributed by atoms with Crippen LogP contribution >= 0.6 is 12.2 Å². The van der Waals surface area contributed by atoms with Gasteiger partial charge in [-0.3, -0.25) is 0 Å². The third-order valence-corrected chi connectivity index (χ3v) is 2.71. The highest BCUT2D eigenvalue weighted by Gasteiger charge is 2.09. The Labute approximate surface area is 99.5 Å². The summed E-state index contributed by atoms with van der Waals surface area (Å²) in [4.78, 5) is 7.61. The third-order valence-electron chi connectivity index (χ3n) is 2.50. The van der Waals surface area contributed by atoms with Gasteiger partial charge >= 0.3 is 0 Å². The van der Waals surface area contributed by atoms with Crippen molar-refractivity contribution >= 4 is 12.2 Å². The molecule has 0 spiro atoms. The Kier molecular flexibility index (Phi) is 2.92. The first-order chi connectivity index (χ1) is 7.58. The van der Waals surface area contributed by atoms with E-state index in [4.69, 9.17) is 16.6 Å². The fourth-order valence-corrected chi connectivity index (χ4v) is 1.76. The zero-order valence-corrected chi connectivity index (χ0v) is 10.4. The lowest BCUT2D eigenvalue weighted by Crippen LogP contribution is -1.97. The van der Waals surface area contributed by atoms with Gasteiger partial charge in [-0.25, -0.2) is 4.98 Å². The van der Waals surface area contributed by atoms with Crippen LogP contribution in [0.4, 0.5) is 0 Å². The summed E-state index contributed by atoms with van der Waals surface area (Å²) in [7, 11) is 0. The van der Waals surface area contributed by atoms with Crippen LogP contribution in [-0.2, 0) is 0 Å². The minimum atomic E-state index is 0.399. The molecule has 0 saturated carbocycles. The van der Waals surface area contributed by atoms with Gasteiger partial charge in [0.05, 0.1) is 11.8 Å². The molecule has 2 heterocycles. The Bertz CT molecular complexity index is 554. The molecule has 16 heavy (non-hydrogen) atoms. The van der Waals surface area contributed by atoms with Gasteiger partial charge in [0.15, 0.2) is 0 Å². The molecule has 0 fully saturated rings. The van der Waals surface area contributed by atoms with Gasteiger partial charge in [-0.1, -0.05) is 26.1 Å². The lowest BCUT2D eigenvalue weighted by Gasteiger charge is -2.07. The van der Waals surface area contributed by atoms with Gasteiger partial charge in [0, 0.05) is 5.69 Å². The number of nitrogens with zero attached hydrogens (tertiary/aromatic N) is 1. The molecular formula is C12H14N2OS. The van der Waals surface area contributed by atoms with Crippen molar-refractivity contribution in [2.75, 3.05) is 0 Å². The molecule has 2 aromatic heterocycles. The van der Waals surface area contributed by atoms with E-state index in [1.807, 2.05) is 19.1 Å². The topological polar surface area (TPSA) is 41.8 Å². The maximum Gasteiger partial charge on any atom is 0.142 e. The largest absolute Gasteiger partial charge is 0.469 e. The first-order valence-corrected chi connectivity index (χ1v) is 5.64. The molecule has 0 aliphatic carbocycles. The minimum Gasteiger partial charge on any atom is -0.469 e. The Morgan fingerprint density at radius 2 is 2.19 bits per heavy atom. The number of nitrogens with one attached hydrogen (secondary N) is 1. The van der Waals surface area contributed by atoms with Crippen molar-refractivity contribution < 1.29 is 4.42 Å². The number of hydrogen-bond donors (Lipinski definition) is 1. The van der Waals surface area contributed by atoms with E-state index < -0.39 is 0 Å². The first-order valence-electron chi connectivity index (χ1n) is 5.23. The van der Waals surface area contributed by atoms with Gasteiger partial charge in [-0.2, -0.15) is 0 Å². The SMILES string of the molecule is Cc1occc1-c1nc(=S)cc(C(C)C)[nH]1. The van der Waals surface area contributed by atoms with Crippen LogP contribution in [0, 0.1) is 11.6 Å². The summed E-state index contributed by atoms with van der Waals surface area (Å²) in [6.45, 7) is 6.15. The molecule has 1 N–H and O–H groups in total. The quantitative estimate of drug-likeness (QED) is 0.803. The van der Waals surface area contributed by atoms with Crippen LogP contribution in [-0.4, -0.2) is 9.97 Å². The summed E-state index contributed by atoms with van der Waals surface area (Å²) in [5.41, 5.74) is 2.06. The maximum absolute atomic E-state index is 5.27. The first kappa shape index (κ1) is 11.1. The minimum absolute atomic E-state index is 0.399. The van der Waals surface area contributed by atoms with E-state index in [0.717, 1.165) is 22.8 Å². The van der Waals surface area contributed by atoms with E-state index >= 15 is 0 Å². The normalized spacial score (nSPS) is 11.0. The molecule has 2 rings (SSSR count). The van der Waals surface area contributed by atoms with Gasteiger partial charge in [0.25, 0.3) is 0 Å². The van der Waals surface area contributed by atoms with Crippen LogP contribution < -0.4 is 0 Å². The van der Waals surface area contributed by atoms with E-state index in [9.17, 15) is 0 Å². The van der Waals surface area contributed by atoms with Gasteiger partial charge in [0.1, 0.15) is 16.2 Å². The molecule has 0 unspecified atom stereocenters. The number of aromatic nitrogens is 2. The summed E-state index contributed by atoms with van der Waals surface area (Å²) in [6.07, 6.45) is 1.66. The van der Waals surface area contributed by atoms with Crippen LogP contribution in [0.3, 0.4) is 0 Å². The van der Waals surface area contributed by atoms with Crippen molar-refractivity contribution in [2.45, 2.75) is 26.7 Å². The molecule has 0 radical (unpaired) electrons. The van der Waals surface area contributed by atoms with E-state index in [1.54, 1.807) is 6.26 Å². The molecule has 0 atom stereocenters. The molecule has 84 valence electrons. The number of hydrogen-bond acceptors (Lipinski definition) is 3. The van der Waals surface area contributed by atoms with Crippen LogP contribution in [0.25, 0.3) is 11.4 Å². The van der Waals surface area contributed by atoms with Crippen molar-refractivity contribution in [3.63, 3.8) is 0 Å². The van der Waals surface area contributed by atoms with Crippen LogP contribution in [0.15, 0.2) is 22.8 Å². The van der Waals surface area contributed by atoms with Crippen molar-refractivity contribution in [1.82, 2.24) is 9.97 Å². The van der Waals surface area contributed by atoms with Gasteiger partial charge in [0.2, 0.25) is 0 Å². The van der Waals surface area contributed by atoms with Gasteiger partial charge in [-0.05, 0) is 25.0 Å². The zero-order chi connectivity index (χ0) is 11.7. The predicted molar refractivity (Wildman–Crippen MR) is 65.9 cm³/mol. The summed E-state index contributed by atoms with van der Waals surface area (Å²) >= 11 is 5.16. The molecular weight excluding hydrogens is 220 g/mol. The molecule has 0 aliphatic rings. The van der Waals surface area contributed by atoms with Gasteiger partial charge < -0.3 is 9.40 Å². The summed E-state index contributed by atoms with van der Waals surface area (Å²) < 4.78 is 5.87. The molecule has 3 nitrogen and oxygen atoms in total. The van der Waals surface area contributed by atoms with Crippen LogP contribution in [0.1, 0.15) is 31.2 Å². The second kappa shape index (κ2) is 4.22.